The summed E-state index contributed by atoms with van der Waals surface area (Å²) in [4.78, 5) is 0. The fourth-order valence-electron chi connectivity index (χ4n) is 2.11. The Labute approximate surface area is 109 Å². The van der Waals surface area contributed by atoms with Crippen molar-refractivity contribution in [3.05, 3.63) is 0 Å². The molecular formula is C13H26O5. The van der Waals surface area contributed by atoms with Gasteiger partial charge in [-0.3, -0.25) is 0 Å². The molecule has 5 atom stereocenters. The highest BCUT2D eigenvalue weighted by Crippen LogP contribution is 2.26. The van der Waals surface area contributed by atoms with E-state index in [1.807, 2.05) is 20.8 Å². The molecule has 5 heteroatoms. The van der Waals surface area contributed by atoms with Crippen molar-refractivity contribution in [2.75, 3.05) is 20.3 Å². The minimum absolute atomic E-state index is 0.160. The Kier molecular flexibility index (Phi) is 7.11. The van der Waals surface area contributed by atoms with Gasteiger partial charge in [-0.25, -0.2) is 0 Å². The lowest BCUT2D eigenvalue weighted by Gasteiger charge is -2.42. The first-order valence-electron chi connectivity index (χ1n) is 6.75. The van der Waals surface area contributed by atoms with Gasteiger partial charge in [-0.2, -0.15) is 0 Å². The van der Waals surface area contributed by atoms with Gasteiger partial charge < -0.3 is 24.1 Å². The average Bonchev–Trinajstić information content (AvgIpc) is 2.37. The van der Waals surface area contributed by atoms with Crippen LogP contribution in [0.2, 0.25) is 0 Å². The molecule has 1 fully saturated rings. The maximum atomic E-state index is 10.2. The first-order valence-corrected chi connectivity index (χ1v) is 6.75. The molecule has 1 aliphatic heterocycles. The Bertz CT molecular complexity index is 223. The van der Waals surface area contributed by atoms with Gasteiger partial charge in [-0.1, -0.05) is 13.8 Å². The second-order valence-electron chi connectivity index (χ2n) is 4.61. The molecule has 0 aromatic carbocycles. The van der Waals surface area contributed by atoms with E-state index in [1.165, 1.54) is 7.11 Å². The van der Waals surface area contributed by atoms with Crippen molar-refractivity contribution in [1.82, 2.24) is 0 Å². The molecule has 108 valence electrons. The molecule has 0 aromatic rings. The zero-order valence-corrected chi connectivity index (χ0v) is 11.8. The fraction of sp³-hybridized carbons (Fsp3) is 1.00. The molecule has 18 heavy (non-hydrogen) atoms. The number of hydrogen-bond donors (Lipinski definition) is 1. The molecule has 1 rings (SSSR count). The molecule has 1 saturated heterocycles. The van der Waals surface area contributed by atoms with Crippen molar-refractivity contribution < 1.29 is 24.1 Å². The van der Waals surface area contributed by atoms with Crippen LogP contribution in [-0.2, 0) is 18.9 Å². The predicted molar refractivity (Wildman–Crippen MR) is 67.4 cm³/mol. The maximum absolute atomic E-state index is 10.2. The Hall–Kier alpha value is -0.200. The van der Waals surface area contributed by atoms with Crippen molar-refractivity contribution >= 4 is 0 Å². The van der Waals surface area contributed by atoms with Crippen LogP contribution in [-0.4, -0.2) is 56.1 Å². The van der Waals surface area contributed by atoms with Gasteiger partial charge in [-0.05, 0) is 19.8 Å². The van der Waals surface area contributed by atoms with Crippen LogP contribution in [0.3, 0.4) is 0 Å². The minimum Gasteiger partial charge on any atom is -0.385 e. The van der Waals surface area contributed by atoms with Gasteiger partial charge in [0.1, 0.15) is 18.3 Å². The van der Waals surface area contributed by atoms with Crippen LogP contribution in [0.4, 0.5) is 0 Å². The molecular weight excluding hydrogens is 236 g/mol. The molecule has 0 unspecified atom stereocenters. The van der Waals surface area contributed by atoms with Crippen LogP contribution in [0.1, 0.15) is 33.6 Å². The lowest BCUT2D eigenvalue weighted by Crippen LogP contribution is -2.59. The van der Waals surface area contributed by atoms with Crippen LogP contribution in [0.5, 0.6) is 0 Å². The number of methoxy groups -OCH3 is 1. The number of aliphatic hydroxyl groups excluding tert-OH is 1. The summed E-state index contributed by atoms with van der Waals surface area (Å²) in [6, 6.07) is 0. The lowest BCUT2D eigenvalue weighted by atomic mass is 9.99. The Morgan fingerprint density at radius 1 is 1.06 bits per heavy atom. The predicted octanol–water partition coefficient (Wildman–Crippen LogP) is 1.33. The molecule has 5 nitrogen and oxygen atoms in total. The van der Waals surface area contributed by atoms with E-state index in [1.54, 1.807) is 0 Å². The van der Waals surface area contributed by atoms with Gasteiger partial charge >= 0.3 is 0 Å². The van der Waals surface area contributed by atoms with Gasteiger partial charge in [-0.15, -0.1) is 0 Å². The second kappa shape index (κ2) is 8.07. The summed E-state index contributed by atoms with van der Waals surface area (Å²) in [5.74, 6) is 0. The van der Waals surface area contributed by atoms with Crippen LogP contribution in [0.15, 0.2) is 0 Å². The Balaban J connectivity index is 2.69. The molecule has 0 saturated carbocycles. The van der Waals surface area contributed by atoms with E-state index in [2.05, 4.69) is 0 Å². The van der Waals surface area contributed by atoms with Crippen molar-refractivity contribution in [3.63, 3.8) is 0 Å². The zero-order chi connectivity index (χ0) is 13.5. The quantitative estimate of drug-likeness (QED) is 0.750. The SMILES string of the molecule is CCCO[C@@H]1[C@@H](OCCC)[C@@H](O)[C@H](OC)O[C@H]1C. The van der Waals surface area contributed by atoms with Crippen molar-refractivity contribution in [3.8, 4) is 0 Å². The van der Waals surface area contributed by atoms with Gasteiger partial charge in [0.2, 0.25) is 0 Å². The molecule has 1 aliphatic rings. The Morgan fingerprint density at radius 2 is 1.61 bits per heavy atom. The zero-order valence-electron chi connectivity index (χ0n) is 11.8. The van der Waals surface area contributed by atoms with E-state index >= 15 is 0 Å². The van der Waals surface area contributed by atoms with Crippen LogP contribution >= 0.6 is 0 Å². The molecule has 0 aliphatic carbocycles. The summed E-state index contributed by atoms with van der Waals surface area (Å²) in [7, 11) is 1.52. The van der Waals surface area contributed by atoms with Crippen molar-refractivity contribution in [2.45, 2.75) is 64.3 Å². The van der Waals surface area contributed by atoms with Gasteiger partial charge in [0, 0.05) is 20.3 Å². The number of aliphatic hydroxyl groups is 1. The van der Waals surface area contributed by atoms with E-state index in [0.717, 1.165) is 12.8 Å². The first kappa shape index (κ1) is 15.9. The van der Waals surface area contributed by atoms with Gasteiger partial charge in [0.05, 0.1) is 6.10 Å². The molecule has 0 aromatic heterocycles. The highest BCUT2D eigenvalue weighted by atomic mass is 16.7. The van der Waals surface area contributed by atoms with E-state index in [-0.39, 0.29) is 12.2 Å². The van der Waals surface area contributed by atoms with Crippen LogP contribution in [0, 0.1) is 0 Å². The first-order chi connectivity index (χ1) is 8.65. The van der Waals surface area contributed by atoms with Gasteiger partial charge in [0.15, 0.2) is 6.29 Å². The second-order valence-corrected chi connectivity index (χ2v) is 4.61. The molecule has 0 radical (unpaired) electrons. The summed E-state index contributed by atoms with van der Waals surface area (Å²) < 4.78 is 22.2. The molecule has 1 heterocycles. The van der Waals surface area contributed by atoms with Crippen LogP contribution in [0.25, 0.3) is 0 Å². The normalized spacial score (nSPS) is 36.8. The van der Waals surface area contributed by atoms with E-state index in [9.17, 15) is 5.11 Å². The van der Waals surface area contributed by atoms with Crippen molar-refractivity contribution in [2.24, 2.45) is 0 Å². The monoisotopic (exact) mass is 262 g/mol. The fourth-order valence-corrected chi connectivity index (χ4v) is 2.11. The average molecular weight is 262 g/mol. The third-order valence-electron chi connectivity index (χ3n) is 3.01. The minimum atomic E-state index is -0.820. The molecule has 0 spiro atoms. The summed E-state index contributed by atoms with van der Waals surface area (Å²) in [5, 5.41) is 10.2. The third kappa shape index (κ3) is 3.90. The van der Waals surface area contributed by atoms with E-state index < -0.39 is 18.5 Å². The Morgan fingerprint density at radius 3 is 2.11 bits per heavy atom. The summed E-state index contributed by atoms with van der Waals surface area (Å²) in [6.07, 6.45) is -0.456. The summed E-state index contributed by atoms with van der Waals surface area (Å²) in [6.45, 7) is 7.22. The third-order valence-corrected chi connectivity index (χ3v) is 3.01. The standard InChI is InChI=1S/C13H26O5/c1-5-7-16-11-9(3)18-13(15-4)10(14)12(11)17-8-6-2/h9-14H,5-8H2,1-4H3/t9-,10+,11-,12-,13+/m0/s1. The number of ether oxygens (including phenoxy) is 4. The van der Waals surface area contributed by atoms with E-state index in [4.69, 9.17) is 18.9 Å². The highest BCUT2D eigenvalue weighted by Gasteiger charge is 2.45. The smallest absolute Gasteiger partial charge is 0.186 e. The summed E-state index contributed by atoms with van der Waals surface area (Å²) in [5.41, 5.74) is 0. The number of hydrogen-bond acceptors (Lipinski definition) is 5. The molecule has 0 amide bonds. The van der Waals surface area contributed by atoms with Crippen molar-refractivity contribution in [1.29, 1.82) is 0 Å². The molecule has 0 bridgehead atoms. The van der Waals surface area contributed by atoms with Crippen LogP contribution < -0.4 is 0 Å². The largest absolute Gasteiger partial charge is 0.385 e. The highest BCUT2D eigenvalue weighted by molar-refractivity contribution is 4.89. The topological polar surface area (TPSA) is 57.2 Å². The number of rotatable bonds is 7. The maximum Gasteiger partial charge on any atom is 0.186 e. The van der Waals surface area contributed by atoms with Gasteiger partial charge in [0.25, 0.3) is 0 Å². The summed E-state index contributed by atoms with van der Waals surface area (Å²) >= 11 is 0. The van der Waals surface area contributed by atoms with E-state index in [0.29, 0.717) is 13.2 Å². The lowest BCUT2D eigenvalue weighted by molar-refractivity contribution is -0.300. The molecule has 1 N–H and O–H groups in total.